The van der Waals surface area contributed by atoms with E-state index in [0.29, 0.717) is 12.6 Å². The third-order valence-electron chi connectivity index (χ3n) is 3.96. The molecule has 0 rings (SSSR count). The van der Waals surface area contributed by atoms with Crippen LogP contribution in [0.15, 0.2) is 15.3 Å². The van der Waals surface area contributed by atoms with Crippen LogP contribution >= 0.6 is 0 Å². The quantitative estimate of drug-likeness (QED) is 0.221. The summed E-state index contributed by atoms with van der Waals surface area (Å²) >= 11 is 0. The predicted molar refractivity (Wildman–Crippen MR) is 87.2 cm³/mol. The van der Waals surface area contributed by atoms with E-state index >= 15 is 0 Å². The topological polar surface area (TPSA) is 136 Å². The minimum absolute atomic E-state index is 0.0635. The Labute approximate surface area is 139 Å². The maximum atomic E-state index is 7.32. The molecule has 2 unspecified atom stereocenters. The van der Waals surface area contributed by atoms with Crippen LogP contribution in [0.2, 0.25) is 6.04 Å². The van der Waals surface area contributed by atoms with E-state index in [0.717, 1.165) is 38.5 Å². The molecule has 0 amide bonds. The molecule has 0 saturated carbocycles. The molecule has 134 valence electrons. The van der Waals surface area contributed by atoms with Gasteiger partial charge < -0.3 is 13.3 Å². The average Bonchev–Trinajstić information content (AvgIpc) is 2.60. The molecule has 0 radical (unpaired) electrons. The van der Waals surface area contributed by atoms with Crippen LogP contribution in [0, 0.1) is 16.6 Å². The summed E-state index contributed by atoms with van der Waals surface area (Å²) in [5, 5.41) is 10.6. The number of nitrogens with zero attached hydrogens (tertiary/aromatic N) is 3. The van der Waals surface area contributed by atoms with Gasteiger partial charge in [-0.1, -0.05) is 0 Å². The number of nitrogens with one attached hydrogen (secondary N) is 3. The normalized spacial score (nSPS) is 14.2. The summed E-state index contributed by atoms with van der Waals surface area (Å²) in [4.78, 5) is 0. The van der Waals surface area contributed by atoms with E-state index < -0.39 is 8.80 Å². The number of rotatable bonds is 16. The van der Waals surface area contributed by atoms with Crippen LogP contribution in [0.5, 0.6) is 0 Å². The van der Waals surface area contributed by atoms with Gasteiger partial charge in [0.2, 0.25) is 0 Å². The molecule has 23 heavy (non-hydrogen) atoms. The molecule has 0 aromatic heterocycles. The van der Waals surface area contributed by atoms with Crippen molar-refractivity contribution >= 4 is 8.80 Å². The number of hydrogen-bond acceptors (Lipinski definition) is 9. The lowest BCUT2D eigenvalue weighted by Gasteiger charge is -2.24. The van der Waals surface area contributed by atoms with Crippen LogP contribution in [0.3, 0.4) is 0 Å². The molecule has 0 aliphatic carbocycles. The van der Waals surface area contributed by atoms with Gasteiger partial charge >= 0.3 is 8.80 Å². The molecule has 0 fully saturated rings. The predicted octanol–water partition coefficient (Wildman–Crippen LogP) is 4.04. The van der Waals surface area contributed by atoms with Gasteiger partial charge in [-0.2, -0.15) is 15.3 Å². The fourth-order valence-electron chi connectivity index (χ4n) is 2.45. The lowest BCUT2D eigenvalue weighted by atomic mass is 10.0. The smallest absolute Gasteiger partial charge is 0.377 e. The summed E-state index contributed by atoms with van der Waals surface area (Å²) in [6, 6.07) is 0.559. The summed E-state index contributed by atoms with van der Waals surface area (Å²) in [7, 11) is 2.23. The van der Waals surface area contributed by atoms with Crippen molar-refractivity contribution in [2.24, 2.45) is 15.3 Å². The van der Waals surface area contributed by atoms with Crippen molar-refractivity contribution in [3.63, 3.8) is 0 Å². The SMILES string of the molecule is CO[Si](CCCC(CCC(CCCN=N)N=N)N=N)(OC)OC. The standard InChI is InChI=1S/C13H30N6O3Si/c1-20-23(21-2,22-3)11-5-7-13(19-16)9-8-12(18-15)6-4-10-17-14/h12-16H,4-11H2,1-3H3. The maximum Gasteiger partial charge on any atom is 0.500 e. The van der Waals surface area contributed by atoms with E-state index in [9.17, 15) is 0 Å². The summed E-state index contributed by atoms with van der Waals surface area (Å²) in [6.45, 7) is 0.482. The highest BCUT2D eigenvalue weighted by Crippen LogP contribution is 2.21. The van der Waals surface area contributed by atoms with Crippen molar-refractivity contribution < 1.29 is 13.3 Å². The van der Waals surface area contributed by atoms with Crippen LogP contribution in [-0.4, -0.2) is 48.8 Å². The highest BCUT2D eigenvalue weighted by molar-refractivity contribution is 6.60. The largest absolute Gasteiger partial charge is 0.500 e. The van der Waals surface area contributed by atoms with E-state index in [4.69, 9.17) is 29.9 Å². The van der Waals surface area contributed by atoms with Gasteiger partial charge in [0.25, 0.3) is 0 Å². The highest BCUT2D eigenvalue weighted by atomic mass is 28.4. The van der Waals surface area contributed by atoms with Crippen LogP contribution in [0.25, 0.3) is 0 Å². The Morgan fingerprint density at radius 1 is 0.783 bits per heavy atom. The Bertz CT molecular complexity index is 335. The van der Waals surface area contributed by atoms with Crippen molar-refractivity contribution in [3.8, 4) is 0 Å². The second-order valence-corrected chi connectivity index (χ2v) is 8.45. The maximum absolute atomic E-state index is 7.32. The van der Waals surface area contributed by atoms with Crippen molar-refractivity contribution in [2.45, 2.75) is 56.7 Å². The first-order valence-corrected chi connectivity index (χ1v) is 9.76. The van der Waals surface area contributed by atoms with E-state index in [2.05, 4.69) is 15.3 Å². The van der Waals surface area contributed by atoms with E-state index in [-0.39, 0.29) is 12.1 Å². The Morgan fingerprint density at radius 2 is 1.26 bits per heavy atom. The fourth-order valence-corrected chi connectivity index (χ4v) is 4.20. The van der Waals surface area contributed by atoms with Gasteiger partial charge in [0.15, 0.2) is 0 Å². The molecule has 3 N–H and O–H groups in total. The van der Waals surface area contributed by atoms with Gasteiger partial charge in [-0.3, -0.25) is 0 Å². The van der Waals surface area contributed by atoms with Crippen LogP contribution in [-0.2, 0) is 13.3 Å². The van der Waals surface area contributed by atoms with Gasteiger partial charge in [-0.05, 0) is 38.5 Å². The third-order valence-corrected chi connectivity index (χ3v) is 6.79. The second kappa shape index (κ2) is 13.3. The van der Waals surface area contributed by atoms with Crippen molar-refractivity contribution in [1.82, 2.24) is 0 Å². The molecular formula is C13H30N6O3Si. The zero-order valence-electron chi connectivity index (χ0n) is 14.4. The molecule has 0 spiro atoms. The zero-order valence-corrected chi connectivity index (χ0v) is 15.4. The monoisotopic (exact) mass is 346 g/mol. The Balaban J connectivity index is 4.16. The summed E-state index contributed by atoms with van der Waals surface area (Å²) in [5.41, 5.74) is 21.3. The lowest BCUT2D eigenvalue weighted by molar-refractivity contribution is 0.122. The van der Waals surface area contributed by atoms with E-state index in [1.54, 1.807) is 21.3 Å². The molecule has 0 aromatic rings. The molecule has 0 aromatic carbocycles. The molecule has 10 heteroatoms. The minimum atomic E-state index is -2.55. The Morgan fingerprint density at radius 3 is 1.65 bits per heavy atom. The zero-order chi connectivity index (χ0) is 17.6. The van der Waals surface area contributed by atoms with E-state index in [1.165, 1.54) is 0 Å². The number of hydrogen-bond donors (Lipinski definition) is 3. The molecule has 9 nitrogen and oxygen atoms in total. The highest BCUT2D eigenvalue weighted by Gasteiger charge is 2.37. The molecule has 0 aliphatic heterocycles. The summed E-state index contributed by atoms with van der Waals surface area (Å²) in [6.07, 6.45) is 4.56. The van der Waals surface area contributed by atoms with Crippen LogP contribution in [0.4, 0.5) is 0 Å². The van der Waals surface area contributed by atoms with Crippen molar-refractivity contribution in [1.29, 1.82) is 16.6 Å². The van der Waals surface area contributed by atoms with Crippen LogP contribution < -0.4 is 0 Å². The van der Waals surface area contributed by atoms with Gasteiger partial charge in [0.05, 0.1) is 18.6 Å². The molecule has 0 saturated heterocycles. The van der Waals surface area contributed by atoms with Gasteiger partial charge in [0, 0.05) is 27.4 Å². The Kier molecular flexibility index (Phi) is 12.7. The van der Waals surface area contributed by atoms with E-state index in [1.807, 2.05) is 0 Å². The first-order chi connectivity index (χ1) is 11.1. The second-order valence-electron chi connectivity index (χ2n) is 5.35. The lowest BCUT2D eigenvalue weighted by Crippen LogP contribution is -2.42. The molecule has 0 heterocycles. The minimum Gasteiger partial charge on any atom is -0.377 e. The van der Waals surface area contributed by atoms with Crippen LogP contribution in [0.1, 0.15) is 38.5 Å². The molecule has 0 aliphatic rings. The van der Waals surface area contributed by atoms with Gasteiger partial charge in [-0.15, -0.1) is 0 Å². The molecule has 0 bridgehead atoms. The first kappa shape index (κ1) is 21.9. The fraction of sp³-hybridized carbons (Fsp3) is 1.00. The third kappa shape index (κ3) is 8.94. The van der Waals surface area contributed by atoms with Gasteiger partial charge in [-0.25, -0.2) is 16.6 Å². The molecule has 2 atom stereocenters. The molecular weight excluding hydrogens is 316 g/mol. The Hall–Kier alpha value is -1.10. The van der Waals surface area contributed by atoms with Crippen molar-refractivity contribution in [2.75, 3.05) is 27.9 Å². The first-order valence-electron chi connectivity index (χ1n) is 7.83. The van der Waals surface area contributed by atoms with Gasteiger partial charge in [0.1, 0.15) is 0 Å². The summed E-state index contributed by atoms with van der Waals surface area (Å²) in [5.74, 6) is 0. The van der Waals surface area contributed by atoms with Crippen molar-refractivity contribution in [3.05, 3.63) is 0 Å². The average molecular weight is 347 g/mol. The summed E-state index contributed by atoms with van der Waals surface area (Å²) < 4.78 is 16.1.